The van der Waals surface area contributed by atoms with Crippen LogP contribution in [0.5, 0.6) is 0 Å². The van der Waals surface area contributed by atoms with Crippen LogP contribution in [0.1, 0.15) is 38.8 Å². The van der Waals surface area contributed by atoms with Crippen LogP contribution in [0, 0.1) is 11.6 Å². The molecule has 1 aromatic carbocycles. The summed E-state index contributed by atoms with van der Waals surface area (Å²) in [5, 5.41) is 0. The van der Waals surface area contributed by atoms with E-state index < -0.39 is 29.4 Å². The van der Waals surface area contributed by atoms with Crippen molar-refractivity contribution < 1.29 is 18.3 Å². The molecule has 2 rings (SSSR count). The number of halogens is 2. The zero-order chi connectivity index (χ0) is 16.5. The summed E-state index contributed by atoms with van der Waals surface area (Å²) in [5.74, 6) is -1.55. The van der Waals surface area contributed by atoms with Gasteiger partial charge < -0.3 is 10.5 Å². The van der Waals surface area contributed by atoms with Crippen LogP contribution in [0.3, 0.4) is 0 Å². The Morgan fingerprint density at radius 1 is 1.32 bits per heavy atom. The number of anilines is 1. The molecule has 6 heteroatoms. The van der Waals surface area contributed by atoms with Crippen LogP contribution in [-0.4, -0.2) is 23.1 Å². The highest BCUT2D eigenvalue weighted by molar-refractivity contribution is 5.69. The van der Waals surface area contributed by atoms with Gasteiger partial charge in [0, 0.05) is 12.2 Å². The van der Waals surface area contributed by atoms with E-state index in [0.29, 0.717) is 13.0 Å². The van der Waals surface area contributed by atoms with Crippen LogP contribution in [0.4, 0.5) is 19.3 Å². The quantitative estimate of drug-likeness (QED) is 0.634. The fourth-order valence-corrected chi connectivity index (χ4v) is 2.35. The molecular weight excluding hydrogens is 290 g/mol. The summed E-state index contributed by atoms with van der Waals surface area (Å²) in [4.78, 5) is 13.6. The number of hydrogen-bond donors (Lipinski definition) is 1. The maximum atomic E-state index is 14.1. The maximum Gasteiger partial charge on any atom is 0.411 e. The standard InChI is InChI=1S/C16H20F2N2O2/c1-16(2,3)22-15(21)20-7-5-4-6-13(20)14-11(17)8-10(19)9-12(14)18/h4,6,8-9,13H,5,7,19H2,1-3H3. The van der Waals surface area contributed by atoms with Gasteiger partial charge in [-0.2, -0.15) is 0 Å². The van der Waals surface area contributed by atoms with Crippen molar-refractivity contribution >= 4 is 11.8 Å². The Labute approximate surface area is 128 Å². The summed E-state index contributed by atoms with van der Waals surface area (Å²) >= 11 is 0. The minimum atomic E-state index is -0.843. The van der Waals surface area contributed by atoms with Gasteiger partial charge in [0.1, 0.15) is 17.2 Å². The molecule has 22 heavy (non-hydrogen) atoms. The summed E-state index contributed by atoms with van der Waals surface area (Å²) in [6.07, 6.45) is 3.40. The van der Waals surface area contributed by atoms with Crippen molar-refractivity contribution in [2.75, 3.05) is 12.3 Å². The fraction of sp³-hybridized carbons (Fsp3) is 0.438. The third kappa shape index (κ3) is 3.55. The predicted molar refractivity (Wildman–Crippen MR) is 80.2 cm³/mol. The van der Waals surface area contributed by atoms with Crippen LogP contribution in [0.15, 0.2) is 24.3 Å². The monoisotopic (exact) mass is 310 g/mol. The normalized spacial score (nSPS) is 18.4. The van der Waals surface area contributed by atoms with Gasteiger partial charge in [0.05, 0.1) is 11.6 Å². The molecule has 1 unspecified atom stereocenters. The molecule has 1 amide bonds. The average molecular weight is 310 g/mol. The Balaban J connectivity index is 2.37. The summed E-state index contributed by atoms with van der Waals surface area (Å²) in [6, 6.07) is 1.26. The molecule has 1 atom stereocenters. The van der Waals surface area contributed by atoms with Crippen molar-refractivity contribution in [2.24, 2.45) is 0 Å². The molecule has 2 N–H and O–H groups in total. The van der Waals surface area contributed by atoms with Crippen molar-refractivity contribution in [1.29, 1.82) is 0 Å². The van der Waals surface area contributed by atoms with Gasteiger partial charge >= 0.3 is 6.09 Å². The van der Waals surface area contributed by atoms with E-state index >= 15 is 0 Å². The van der Waals surface area contributed by atoms with Gasteiger partial charge in [-0.25, -0.2) is 13.6 Å². The number of nitrogens with two attached hydrogens (primary N) is 1. The first-order chi connectivity index (χ1) is 10.2. The molecule has 0 fully saturated rings. The van der Waals surface area contributed by atoms with E-state index in [0.717, 1.165) is 12.1 Å². The molecule has 1 aliphatic rings. The molecular formula is C16H20F2N2O2. The van der Waals surface area contributed by atoms with E-state index in [9.17, 15) is 13.6 Å². The number of hydrogen-bond acceptors (Lipinski definition) is 3. The Bertz CT molecular complexity index is 586. The van der Waals surface area contributed by atoms with Crippen molar-refractivity contribution in [3.05, 3.63) is 41.5 Å². The van der Waals surface area contributed by atoms with E-state index in [1.54, 1.807) is 32.9 Å². The lowest BCUT2D eigenvalue weighted by molar-refractivity contribution is 0.0185. The number of ether oxygens (including phenoxy) is 1. The van der Waals surface area contributed by atoms with Gasteiger partial charge in [0.25, 0.3) is 0 Å². The zero-order valence-corrected chi connectivity index (χ0v) is 12.9. The van der Waals surface area contributed by atoms with Gasteiger partial charge in [-0.15, -0.1) is 0 Å². The number of nitrogen functional groups attached to an aromatic ring is 1. The minimum Gasteiger partial charge on any atom is -0.444 e. The van der Waals surface area contributed by atoms with E-state index in [1.165, 1.54) is 4.90 Å². The molecule has 1 aliphatic heterocycles. The second-order valence-electron chi connectivity index (χ2n) is 6.23. The number of nitrogens with zero attached hydrogens (tertiary/aromatic N) is 1. The molecule has 0 saturated carbocycles. The second kappa shape index (κ2) is 5.94. The summed E-state index contributed by atoms with van der Waals surface area (Å²) < 4.78 is 33.6. The van der Waals surface area contributed by atoms with Crippen LogP contribution >= 0.6 is 0 Å². The van der Waals surface area contributed by atoms with Crippen LogP contribution < -0.4 is 5.73 Å². The van der Waals surface area contributed by atoms with Crippen molar-refractivity contribution in [1.82, 2.24) is 4.90 Å². The Kier molecular flexibility index (Phi) is 4.39. The lowest BCUT2D eigenvalue weighted by Crippen LogP contribution is -2.41. The third-order valence-corrected chi connectivity index (χ3v) is 3.22. The average Bonchev–Trinajstić information content (AvgIpc) is 2.36. The topological polar surface area (TPSA) is 55.6 Å². The van der Waals surface area contributed by atoms with Gasteiger partial charge in [0.15, 0.2) is 0 Å². The first-order valence-electron chi connectivity index (χ1n) is 7.10. The largest absolute Gasteiger partial charge is 0.444 e. The maximum absolute atomic E-state index is 14.1. The molecule has 120 valence electrons. The minimum absolute atomic E-state index is 0.00218. The number of carbonyl (C=O) groups is 1. The van der Waals surface area contributed by atoms with E-state index in [1.807, 2.05) is 0 Å². The smallest absolute Gasteiger partial charge is 0.411 e. The molecule has 0 bridgehead atoms. The van der Waals surface area contributed by atoms with Gasteiger partial charge in [-0.1, -0.05) is 12.2 Å². The van der Waals surface area contributed by atoms with Crippen molar-refractivity contribution in [3.8, 4) is 0 Å². The zero-order valence-electron chi connectivity index (χ0n) is 12.9. The Hall–Kier alpha value is -2.11. The number of carbonyl (C=O) groups excluding carboxylic acids is 1. The van der Waals surface area contributed by atoms with E-state index in [4.69, 9.17) is 10.5 Å². The first kappa shape index (κ1) is 16.3. The number of benzene rings is 1. The molecule has 0 radical (unpaired) electrons. The Morgan fingerprint density at radius 3 is 2.45 bits per heavy atom. The lowest BCUT2D eigenvalue weighted by atomic mass is 10.00. The summed E-state index contributed by atoms with van der Waals surface area (Å²) in [6.45, 7) is 5.55. The van der Waals surface area contributed by atoms with E-state index in [2.05, 4.69) is 0 Å². The summed E-state index contributed by atoms with van der Waals surface area (Å²) in [7, 11) is 0. The van der Waals surface area contributed by atoms with Crippen molar-refractivity contribution in [3.63, 3.8) is 0 Å². The number of amides is 1. The highest BCUT2D eigenvalue weighted by Crippen LogP contribution is 2.32. The lowest BCUT2D eigenvalue weighted by Gasteiger charge is -2.34. The third-order valence-electron chi connectivity index (χ3n) is 3.22. The first-order valence-corrected chi connectivity index (χ1v) is 7.10. The van der Waals surface area contributed by atoms with Crippen LogP contribution in [0.2, 0.25) is 0 Å². The molecule has 0 spiro atoms. The van der Waals surface area contributed by atoms with Crippen LogP contribution in [-0.2, 0) is 4.74 Å². The van der Waals surface area contributed by atoms with Gasteiger partial charge in [0.2, 0.25) is 0 Å². The molecule has 0 aromatic heterocycles. The Morgan fingerprint density at radius 2 is 1.91 bits per heavy atom. The summed E-state index contributed by atoms with van der Waals surface area (Å²) in [5.41, 5.74) is 4.56. The van der Waals surface area contributed by atoms with Crippen LogP contribution in [0.25, 0.3) is 0 Å². The second-order valence-corrected chi connectivity index (χ2v) is 6.23. The molecule has 0 saturated heterocycles. The molecule has 1 aromatic rings. The fourth-order valence-electron chi connectivity index (χ4n) is 2.35. The number of rotatable bonds is 1. The van der Waals surface area contributed by atoms with Gasteiger partial charge in [-0.05, 0) is 39.3 Å². The SMILES string of the molecule is CC(C)(C)OC(=O)N1CCC=CC1c1c(F)cc(N)cc1F. The molecule has 4 nitrogen and oxygen atoms in total. The predicted octanol–water partition coefficient (Wildman–Crippen LogP) is 3.79. The highest BCUT2D eigenvalue weighted by atomic mass is 19.1. The van der Waals surface area contributed by atoms with E-state index in [-0.39, 0.29) is 11.3 Å². The van der Waals surface area contributed by atoms with Crippen molar-refractivity contribution in [2.45, 2.75) is 38.8 Å². The molecule has 0 aliphatic carbocycles. The van der Waals surface area contributed by atoms with Gasteiger partial charge in [-0.3, -0.25) is 4.90 Å². The molecule has 1 heterocycles. The highest BCUT2D eigenvalue weighted by Gasteiger charge is 2.32.